The molecule has 0 aliphatic carbocycles. The van der Waals surface area contributed by atoms with Crippen molar-refractivity contribution in [2.75, 3.05) is 13.1 Å². The van der Waals surface area contributed by atoms with E-state index >= 15 is 0 Å². The molecular formula is C15H25ClN2. The second kappa shape index (κ2) is 6.55. The van der Waals surface area contributed by atoms with Crippen LogP contribution in [-0.2, 0) is 6.42 Å². The van der Waals surface area contributed by atoms with Gasteiger partial charge < -0.3 is 5.73 Å². The quantitative estimate of drug-likeness (QED) is 0.858. The van der Waals surface area contributed by atoms with Gasteiger partial charge in [0.2, 0.25) is 0 Å². The lowest BCUT2D eigenvalue weighted by Crippen LogP contribution is -2.56. The summed E-state index contributed by atoms with van der Waals surface area (Å²) in [5, 5.41) is 0.809. The highest BCUT2D eigenvalue weighted by molar-refractivity contribution is 6.31. The predicted octanol–water partition coefficient (Wildman–Crippen LogP) is 3.33. The Morgan fingerprint density at radius 3 is 2.28 bits per heavy atom. The first-order chi connectivity index (χ1) is 8.43. The van der Waals surface area contributed by atoms with Gasteiger partial charge in [0, 0.05) is 16.6 Å². The lowest BCUT2D eigenvalue weighted by molar-refractivity contribution is 0.106. The van der Waals surface area contributed by atoms with Crippen LogP contribution in [0.1, 0.15) is 33.3 Å². The third-order valence-electron chi connectivity index (χ3n) is 3.88. The Morgan fingerprint density at radius 2 is 1.78 bits per heavy atom. The Morgan fingerprint density at radius 1 is 1.22 bits per heavy atom. The Kier molecular flexibility index (Phi) is 5.64. The maximum absolute atomic E-state index is 6.40. The van der Waals surface area contributed by atoms with Crippen LogP contribution in [0.3, 0.4) is 0 Å². The zero-order valence-corrected chi connectivity index (χ0v) is 12.7. The Balaban J connectivity index is 2.81. The van der Waals surface area contributed by atoms with Crippen LogP contribution in [0.4, 0.5) is 0 Å². The summed E-state index contributed by atoms with van der Waals surface area (Å²) in [6, 6.07) is 8.01. The Bertz CT molecular complexity index is 373. The third kappa shape index (κ3) is 3.47. The van der Waals surface area contributed by atoms with Gasteiger partial charge in [-0.3, -0.25) is 4.90 Å². The molecule has 1 unspecified atom stereocenters. The number of nitrogens with two attached hydrogens (primary N) is 1. The normalized spacial score (nSPS) is 13.9. The largest absolute Gasteiger partial charge is 0.326 e. The van der Waals surface area contributed by atoms with Gasteiger partial charge in [0.25, 0.3) is 0 Å². The highest BCUT2D eigenvalue weighted by Crippen LogP contribution is 2.23. The topological polar surface area (TPSA) is 29.3 Å². The number of benzene rings is 1. The molecule has 1 aromatic carbocycles. The van der Waals surface area contributed by atoms with Crippen LogP contribution in [-0.4, -0.2) is 29.6 Å². The maximum Gasteiger partial charge on any atom is 0.0438 e. The average Bonchev–Trinajstić information content (AvgIpc) is 2.33. The minimum atomic E-state index is -0.0251. The highest BCUT2D eigenvalue weighted by atomic mass is 35.5. The van der Waals surface area contributed by atoms with Gasteiger partial charge in [0.1, 0.15) is 0 Å². The molecule has 1 aromatic rings. The summed E-state index contributed by atoms with van der Waals surface area (Å²) in [5.41, 5.74) is 7.51. The number of hydrogen-bond acceptors (Lipinski definition) is 2. The van der Waals surface area contributed by atoms with Gasteiger partial charge in [-0.2, -0.15) is 0 Å². The van der Waals surface area contributed by atoms with Gasteiger partial charge >= 0.3 is 0 Å². The molecule has 2 N–H and O–H groups in total. The van der Waals surface area contributed by atoms with E-state index in [0.29, 0.717) is 0 Å². The summed E-state index contributed by atoms with van der Waals surface area (Å²) < 4.78 is 0. The highest BCUT2D eigenvalue weighted by Gasteiger charge is 2.31. The fraction of sp³-hybridized carbons (Fsp3) is 0.600. The van der Waals surface area contributed by atoms with Gasteiger partial charge in [-0.15, -0.1) is 0 Å². The predicted molar refractivity (Wildman–Crippen MR) is 80.1 cm³/mol. The van der Waals surface area contributed by atoms with E-state index in [-0.39, 0.29) is 11.6 Å². The van der Waals surface area contributed by atoms with Crippen LogP contribution in [0.15, 0.2) is 24.3 Å². The van der Waals surface area contributed by atoms with Crippen molar-refractivity contribution >= 4 is 11.6 Å². The lowest BCUT2D eigenvalue weighted by Gasteiger charge is -2.42. The molecule has 102 valence electrons. The molecule has 0 amide bonds. The van der Waals surface area contributed by atoms with E-state index in [2.05, 4.69) is 38.7 Å². The first-order valence-corrected chi connectivity index (χ1v) is 7.05. The summed E-state index contributed by atoms with van der Waals surface area (Å²) in [6.07, 6.45) is 0.809. The van der Waals surface area contributed by atoms with E-state index < -0.39 is 0 Å². The fourth-order valence-electron chi connectivity index (χ4n) is 2.42. The third-order valence-corrected chi connectivity index (χ3v) is 4.25. The molecule has 2 nitrogen and oxygen atoms in total. The van der Waals surface area contributed by atoms with E-state index in [1.54, 1.807) is 0 Å². The van der Waals surface area contributed by atoms with Crippen molar-refractivity contribution in [2.24, 2.45) is 5.73 Å². The van der Waals surface area contributed by atoms with Gasteiger partial charge in [-0.25, -0.2) is 0 Å². The van der Waals surface area contributed by atoms with E-state index in [9.17, 15) is 0 Å². The molecule has 0 heterocycles. The summed E-state index contributed by atoms with van der Waals surface area (Å²) in [4.78, 5) is 2.40. The van der Waals surface area contributed by atoms with Crippen LogP contribution in [0.25, 0.3) is 0 Å². The molecule has 0 saturated carbocycles. The van der Waals surface area contributed by atoms with Crippen molar-refractivity contribution in [3.63, 3.8) is 0 Å². The lowest BCUT2D eigenvalue weighted by atomic mass is 9.88. The molecule has 0 radical (unpaired) electrons. The van der Waals surface area contributed by atoms with Crippen LogP contribution < -0.4 is 5.73 Å². The van der Waals surface area contributed by atoms with E-state index in [4.69, 9.17) is 17.3 Å². The summed E-state index contributed by atoms with van der Waals surface area (Å²) in [5.74, 6) is 0. The molecule has 1 atom stereocenters. The molecule has 0 aliphatic heterocycles. The molecule has 18 heavy (non-hydrogen) atoms. The van der Waals surface area contributed by atoms with Crippen molar-refractivity contribution in [3.05, 3.63) is 34.9 Å². The Hall–Kier alpha value is -0.570. The zero-order chi connectivity index (χ0) is 13.8. The molecule has 0 bridgehead atoms. The van der Waals surface area contributed by atoms with Crippen LogP contribution in [0, 0.1) is 0 Å². The van der Waals surface area contributed by atoms with Crippen LogP contribution in [0.5, 0.6) is 0 Å². The number of hydrogen-bond donors (Lipinski definition) is 1. The first kappa shape index (κ1) is 15.5. The first-order valence-electron chi connectivity index (χ1n) is 6.67. The monoisotopic (exact) mass is 268 g/mol. The number of likely N-dealkylation sites (N-methyl/N-ethyl adjacent to an activating group) is 1. The van der Waals surface area contributed by atoms with Crippen molar-refractivity contribution in [1.82, 2.24) is 4.90 Å². The van der Waals surface area contributed by atoms with Gasteiger partial charge in [0.05, 0.1) is 0 Å². The molecule has 3 heteroatoms. The van der Waals surface area contributed by atoms with Crippen molar-refractivity contribution < 1.29 is 0 Å². The molecule has 0 aliphatic rings. The number of rotatable bonds is 6. The second-order valence-corrected chi connectivity index (χ2v) is 5.64. The smallest absolute Gasteiger partial charge is 0.0438 e. The molecule has 0 aromatic heterocycles. The van der Waals surface area contributed by atoms with E-state index in [0.717, 1.165) is 30.1 Å². The van der Waals surface area contributed by atoms with Crippen molar-refractivity contribution in [1.29, 1.82) is 0 Å². The minimum Gasteiger partial charge on any atom is -0.326 e. The van der Waals surface area contributed by atoms with Crippen LogP contribution >= 0.6 is 11.6 Å². The van der Waals surface area contributed by atoms with Gasteiger partial charge in [0.15, 0.2) is 0 Å². The summed E-state index contributed by atoms with van der Waals surface area (Å²) >= 11 is 6.20. The zero-order valence-electron chi connectivity index (χ0n) is 11.9. The van der Waals surface area contributed by atoms with Crippen molar-refractivity contribution in [3.8, 4) is 0 Å². The average molecular weight is 269 g/mol. The maximum atomic E-state index is 6.40. The molecule has 0 fully saturated rings. The second-order valence-electron chi connectivity index (χ2n) is 5.23. The summed E-state index contributed by atoms with van der Waals surface area (Å²) in [7, 11) is 0. The summed E-state index contributed by atoms with van der Waals surface area (Å²) in [6.45, 7) is 10.8. The molecule has 0 saturated heterocycles. The fourth-order valence-corrected chi connectivity index (χ4v) is 2.64. The van der Waals surface area contributed by atoms with Gasteiger partial charge in [-0.05, 0) is 45.0 Å². The standard InChI is InChI=1S/C15H25ClN2/c1-5-18(6-2)15(3,4)14(17)11-12-9-7-8-10-13(12)16/h7-10,14H,5-6,11,17H2,1-4H3. The Labute approximate surface area is 116 Å². The van der Waals surface area contributed by atoms with E-state index in [1.165, 1.54) is 0 Å². The number of nitrogens with zero attached hydrogens (tertiary/aromatic N) is 1. The molecule has 1 rings (SSSR count). The van der Waals surface area contributed by atoms with Crippen molar-refractivity contribution in [2.45, 2.75) is 45.7 Å². The van der Waals surface area contributed by atoms with Gasteiger partial charge in [-0.1, -0.05) is 43.6 Å². The van der Waals surface area contributed by atoms with E-state index in [1.807, 2.05) is 18.2 Å². The SMILES string of the molecule is CCN(CC)C(C)(C)C(N)Cc1ccccc1Cl. The minimum absolute atomic E-state index is 0.0251. The number of halogens is 1. The molecular weight excluding hydrogens is 244 g/mol. The molecule has 0 spiro atoms. The van der Waals surface area contributed by atoms with Crippen LogP contribution in [0.2, 0.25) is 5.02 Å².